The number of fused-ring (bicyclic) bond motifs is 2. The van der Waals surface area contributed by atoms with Crippen LogP contribution < -0.4 is 26.8 Å². The van der Waals surface area contributed by atoms with E-state index < -0.39 is 23.6 Å². The van der Waals surface area contributed by atoms with Gasteiger partial charge in [-0.25, -0.2) is 15.0 Å². The Bertz CT molecular complexity index is 2360. The molecular weight excluding hydrogens is 670 g/mol. The summed E-state index contributed by atoms with van der Waals surface area (Å²) in [6.45, 7) is 9.54. The number of methoxy groups -OCH3 is 1. The van der Waals surface area contributed by atoms with E-state index in [4.69, 9.17) is 16.2 Å². The summed E-state index contributed by atoms with van der Waals surface area (Å²) in [5.41, 5.74) is 15.4. The summed E-state index contributed by atoms with van der Waals surface area (Å²) >= 11 is 0. The minimum absolute atomic E-state index is 0.180. The number of ether oxygens (including phenoxy) is 1. The fraction of sp³-hybridized carbons (Fsp3) is 0.324. The first kappa shape index (κ1) is 35.2. The molecule has 5 aromatic heterocycles. The molecule has 0 unspecified atom stereocenters. The number of carbonyl (C=O) groups excluding carboxylic acids is 4. The first-order valence-electron chi connectivity index (χ1n) is 16.7. The SMILES string of the molecule is CCn1nc(C(=O)Nc2nc3cc(C(N)=O)cnc3n2CCCCn2c(NC(=O)c3cc(C)n(CC)n3)nc3cc(C(N)=O)cc(OC)c32)cc1C. The lowest BCUT2D eigenvalue weighted by Gasteiger charge is -2.13. The lowest BCUT2D eigenvalue weighted by molar-refractivity contribution is 0.0991. The third kappa shape index (κ3) is 6.77. The molecular formula is C34H39N13O5. The topological polar surface area (TPSA) is 238 Å². The summed E-state index contributed by atoms with van der Waals surface area (Å²) in [6, 6.07) is 7.99. The molecule has 0 bridgehead atoms. The number of nitrogens with zero attached hydrogens (tertiary/aromatic N) is 9. The van der Waals surface area contributed by atoms with Crippen molar-refractivity contribution in [2.45, 2.75) is 66.7 Å². The predicted octanol–water partition coefficient (Wildman–Crippen LogP) is 3.02. The van der Waals surface area contributed by atoms with Crippen LogP contribution in [-0.2, 0) is 26.2 Å². The molecule has 52 heavy (non-hydrogen) atoms. The zero-order chi connectivity index (χ0) is 37.3. The Morgan fingerprint density at radius 2 is 1.25 bits per heavy atom. The van der Waals surface area contributed by atoms with Gasteiger partial charge in [-0.1, -0.05) is 0 Å². The average Bonchev–Trinajstić information content (AvgIpc) is 3.88. The number of carbonyl (C=O) groups is 4. The van der Waals surface area contributed by atoms with Crippen molar-refractivity contribution in [3.63, 3.8) is 0 Å². The van der Waals surface area contributed by atoms with Gasteiger partial charge in [0.05, 0.1) is 18.2 Å². The van der Waals surface area contributed by atoms with Crippen LogP contribution >= 0.6 is 0 Å². The van der Waals surface area contributed by atoms with Crippen LogP contribution in [0, 0.1) is 13.8 Å². The summed E-state index contributed by atoms with van der Waals surface area (Å²) in [6.07, 6.45) is 2.46. The van der Waals surface area contributed by atoms with E-state index in [2.05, 4.69) is 35.8 Å². The van der Waals surface area contributed by atoms with Crippen LogP contribution in [0.25, 0.3) is 22.2 Å². The number of imidazole rings is 2. The maximum absolute atomic E-state index is 13.4. The van der Waals surface area contributed by atoms with Crippen LogP contribution in [0.1, 0.15) is 79.8 Å². The van der Waals surface area contributed by atoms with E-state index in [9.17, 15) is 19.2 Å². The summed E-state index contributed by atoms with van der Waals surface area (Å²) in [5, 5.41) is 14.5. The smallest absolute Gasteiger partial charge is 0.278 e. The lowest BCUT2D eigenvalue weighted by atomic mass is 10.1. The quantitative estimate of drug-likeness (QED) is 0.121. The zero-order valence-corrected chi connectivity index (χ0v) is 29.4. The standard InChI is InChI=1S/C34H39N13O5/c1-6-46-18(3)12-24(42-46)31(50)40-33-38-22-14-20(28(35)48)16-26(52-5)27(22)44(33)10-8-9-11-45-30-23(15-21(17-37-30)29(36)49)39-34(45)41-32(51)25-13-19(4)47(7-2)43-25/h12-17H,6-11H2,1-5H3,(H2,35,48)(H2,36,49)(H,38,40,50)(H,39,41,51). The molecule has 0 spiro atoms. The molecule has 6 rings (SSSR count). The fourth-order valence-corrected chi connectivity index (χ4v) is 6.05. The molecule has 4 amide bonds. The van der Waals surface area contributed by atoms with Gasteiger partial charge in [-0.05, 0) is 70.9 Å². The van der Waals surface area contributed by atoms with Crippen LogP contribution in [0.3, 0.4) is 0 Å². The molecule has 0 fully saturated rings. The van der Waals surface area contributed by atoms with Crippen LogP contribution in [0.4, 0.5) is 11.9 Å². The Balaban J connectivity index is 1.29. The Hall–Kier alpha value is -6.59. The first-order chi connectivity index (χ1) is 24.9. The first-order valence-corrected chi connectivity index (χ1v) is 16.7. The molecule has 0 aliphatic heterocycles. The number of aromatic nitrogens is 9. The highest BCUT2D eigenvalue weighted by atomic mass is 16.5. The Morgan fingerprint density at radius 1 is 0.731 bits per heavy atom. The van der Waals surface area contributed by atoms with Crippen molar-refractivity contribution >= 4 is 57.7 Å². The maximum Gasteiger partial charge on any atom is 0.278 e. The van der Waals surface area contributed by atoms with Crippen molar-refractivity contribution in [1.82, 2.24) is 43.6 Å². The highest BCUT2D eigenvalue weighted by Gasteiger charge is 2.22. The van der Waals surface area contributed by atoms with Crippen molar-refractivity contribution in [1.29, 1.82) is 0 Å². The third-order valence-corrected chi connectivity index (χ3v) is 8.67. The highest BCUT2D eigenvalue weighted by Crippen LogP contribution is 2.31. The van der Waals surface area contributed by atoms with Gasteiger partial charge < -0.3 is 20.8 Å². The molecule has 0 saturated heterocycles. The molecule has 0 saturated carbocycles. The van der Waals surface area contributed by atoms with E-state index in [0.29, 0.717) is 67.0 Å². The number of benzene rings is 1. The monoisotopic (exact) mass is 709 g/mol. The second kappa shape index (κ2) is 14.3. The van der Waals surface area contributed by atoms with Crippen LogP contribution in [0.15, 0.2) is 36.5 Å². The summed E-state index contributed by atoms with van der Waals surface area (Å²) < 4.78 is 12.6. The van der Waals surface area contributed by atoms with Crippen molar-refractivity contribution in [3.05, 3.63) is 70.4 Å². The van der Waals surface area contributed by atoms with E-state index in [0.717, 1.165) is 11.4 Å². The minimum atomic E-state index is -0.655. The van der Waals surface area contributed by atoms with Gasteiger partial charge >= 0.3 is 0 Å². The molecule has 0 atom stereocenters. The van der Waals surface area contributed by atoms with Crippen LogP contribution in [0.2, 0.25) is 0 Å². The van der Waals surface area contributed by atoms with Gasteiger partial charge in [0.15, 0.2) is 17.0 Å². The number of pyridine rings is 1. The van der Waals surface area contributed by atoms with Crippen molar-refractivity contribution in [2.75, 3.05) is 17.7 Å². The Labute approximate surface area is 297 Å². The Kier molecular flexibility index (Phi) is 9.71. The number of nitrogens with two attached hydrogens (primary N) is 2. The average molecular weight is 710 g/mol. The molecule has 270 valence electrons. The molecule has 6 aromatic rings. The van der Waals surface area contributed by atoms with Crippen LogP contribution in [0.5, 0.6) is 5.75 Å². The van der Waals surface area contributed by atoms with E-state index >= 15 is 0 Å². The molecule has 0 aliphatic rings. The summed E-state index contributed by atoms with van der Waals surface area (Å²) in [5.74, 6) is -1.40. The molecule has 0 aliphatic carbocycles. The van der Waals surface area contributed by atoms with Crippen molar-refractivity contribution < 1.29 is 23.9 Å². The summed E-state index contributed by atoms with van der Waals surface area (Å²) in [7, 11) is 1.47. The number of hydrogen-bond donors (Lipinski definition) is 4. The zero-order valence-electron chi connectivity index (χ0n) is 29.4. The van der Waals surface area contributed by atoms with Gasteiger partial charge in [-0.15, -0.1) is 0 Å². The number of unbranched alkanes of at least 4 members (excludes halogenated alkanes) is 1. The number of aryl methyl sites for hydroxylation is 6. The number of amides is 4. The number of primary amides is 2. The summed E-state index contributed by atoms with van der Waals surface area (Å²) in [4.78, 5) is 64.3. The maximum atomic E-state index is 13.4. The highest BCUT2D eigenvalue weighted by molar-refractivity contribution is 6.04. The number of rotatable bonds is 14. The van der Waals surface area contributed by atoms with E-state index in [1.54, 1.807) is 36.7 Å². The third-order valence-electron chi connectivity index (χ3n) is 8.67. The molecule has 0 radical (unpaired) electrons. The lowest BCUT2D eigenvalue weighted by Crippen LogP contribution is -2.18. The number of nitrogens with one attached hydrogen (secondary N) is 2. The van der Waals surface area contributed by atoms with Gasteiger partial charge in [0.2, 0.25) is 23.7 Å². The largest absolute Gasteiger partial charge is 0.494 e. The Morgan fingerprint density at radius 3 is 1.77 bits per heavy atom. The second-order valence-corrected chi connectivity index (χ2v) is 12.1. The molecule has 5 heterocycles. The van der Waals surface area contributed by atoms with Crippen molar-refractivity contribution in [3.8, 4) is 5.75 Å². The fourth-order valence-electron chi connectivity index (χ4n) is 6.05. The van der Waals surface area contributed by atoms with Gasteiger partial charge in [0, 0.05) is 49.3 Å². The van der Waals surface area contributed by atoms with Crippen molar-refractivity contribution in [2.24, 2.45) is 11.5 Å². The molecule has 6 N–H and O–H groups in total. The number of hydrogen-bond acceptors (Lipinski definition) is 10. The van der Waals surface area contributed by atoms with Gasteiger partial charge in [0.25, 0.3) is 11.8 Å². The van der Waals surface area contributed by atoms with Gasteiger partial charge in [-0.3, -0.25) is 43.7 Å². The minimum Gasteiger partial charge on any atom is -0.494 e. The second-order valence-electron chi connectivity index (χ2n) is 12.1. The molecule has 1 aromatic carbocycles. The normalized spacial score (nSPS) is 11.3. The molecule has 18 nitrogen and oxygen atoms in total. The van der Waals surface area contributed by atoms with Gasteiger partial charge in [-0.2, -0.15) is 10.2 Å². The van der Waals surface area contributed by atoms with E-state index in [1.807, 2.05) is 27.7 Å². The number of anilines is 2. The van der Waals surface area contributed by atoms with Gasteiger partial charge in [0.1, 0.15) is 16.8 Å². The predicted molar refractivity (Wildman–Crippen MR) is 191 cm³/mol. The molecule has 18 heteroatoms. The van der Waals surface area contributed by atoms with E-state index in [1.165, 1.54) is 25.4 Å². The van der Waals surface area contributed by atoms with E-state index in [-0.39, 0.29) is 34.4 Å². The van der Waals surface area contributed by atoms with Crippen LogP contribution in [-0.4, -0.2) is 74.4 Å².